The number of amides is 2. The van der Waals surface area contributed by atoms with Crippen LogP contribution in [0.2, 0.25) is 0 Å². The molecule has 0 aromatic carbocycles. The van der Waals surface area contributed by atoms with E-state index in [4.69, 9.17) is 10.5 Å². The molecule has 0 bridgehead atoms. The van der Waals surface area contributed by atoms with E-state index in [-0.39, 0.29) is 11.7 Å². The molecule has 3 aromatic heterocycles. The molecule has 3 aromatic rings. The predicted molar refractivity (Wildman–Crippen MR) is 119 cm³/mol. The first kappa shape index (κ1) is 21.5. The van der Waals surface area contributed by atoms with Crippen LogP contribution in [0.1, 0.15) is 27.2 Å². The van der Waals surface area contributed by atoms with Gasteiger partial charge in [0.2, 0.25) is 5.91 Å². The van der Waals surface area contributed by atoms with Crippen LogP contribution in [0, 0.1) is 0 Å². The van der Waals surface area contributed by atoms with Crippen LogP contribution in [-0.4, -0.2) is 51.0 Å². The maximum absolute atomic E-state index is 12.6. The number of nitrogens with one attached hydrogen (secondary N) is 1. The maximum atomic E-state index is 12.6. The number of methoxy groups -OCH3 is 1. The van der Waals surface area contributed by atoms with Gasteiger partial charge in [0.1, 0.15) is 5.00 Å². The molecule has 162 valence electrons. The van der Waals surface area contributed by atoms with E-state index in [1.165, 1.54) is 23.1 Å². The van der Waals surface area contributed by atoms with Crippen LogP contribution >= 0.6 is 23.1 Å². The van der Waals surface area contributed by atoms with E-state index >= 15 is 0 Å². The highest BCUT2D eigenvalue weighted by Gasteiger charge is 2.26. The van der Waals surface area contributed by atoms with Crippen molar-refractivity contribution in [1.82, 2.24) is 19.7 Å². The van der Waals surface area contributed by atoms with Crippen molar-refractivity contribution in [2.45, 2.75) is 31.0 Å². The lowest BCUT2D eigenvalue weighted by molar-refractivity contribution is -0.113. The number of primary amides is 1. The molecule has 1 aliphatic rings. The van der Waals surface area contributed by atoms with E-state index in [1.54, 1.807) is 19.5 Å². The first-order valence-corrected chi connectivity index (χ1v) is 11.6. The molecule has 0 saturated carbocycles. The highest BCUT2D eigenvalue weighted by atomic mass is 32.2. The molecular formula is C20H22N6O3S2. The largest absolute Gasteiger partial charge is 0.383 e. The number of fused-ring (bicyclic) bond motifs is 1. The highest BCUT2D eigenvalue weighted by Crippen LogP contribution is 2.39. The predicted octanol–water partition coefficient (Wildman–Crippen LogP) is 2.37. The number of nitrogens with two attached hydrogens (primary N) is 1. The molecule has 9 nitrogen and oxygen atoms in total. The molecular weight excluding hydrogens is 436 g/mol. The van der Waals surface area contributed by atoms with E-state index in [0.717, 1.165) is 35.3 Å². The fourth-order valence-electron chi connectivity index (χ4n) is 3.54. The van der Waals surface area contributed by atoms with Crippen molar-refractivity contribution in [3.63, 3.8) is 0 Å². The molecule has 2 amide bonds. The van der Waals surface area contributed by atoms with Gasteiger partial charge in [0, 0.05) is 29.9 Å². The summed E-state index contributed by atoms with van der Waals surface area (Å²) in [5.74, 6) is 0.0956. The molecule has 3 heterocycles. The summed E-state index contributed by atoms with van der Waals surface area (Å²) in [4.78, 5) is 29.7. The number of carbonyl (C=O) groups excluding carboxylic acids is 2. The smallest absolute Gasteiger partial charge is 0.251 e. The number of anilines is 1. The minimum atomic E-state index is -0.497. The number of ether oxygens (including phenoxy) is 1. The fourth-order valence-corrected chi connectivity index (χ4v) is 5.62. The van der Waals surface area contributed by atoms with Gasteiger partial charge in [0.25, 0.3) is 5.91 Å². The van der Waals surface area contributed by atoms with Crippen molar-refractivity contribution >= 4 is 39.9 Å². The second-order valence-corrected chi connectivity index (χ2v) is 9.00. The van der Waals surface area contributed by atoms with Gasteiger partial charge in [-0.15, -0.1) is 21.5 Å². The monoisotopic (exact) mass is 458 g/mol. The standard InChI is InChI=1S/C20H22N6O3S2/c1-29-10-9-26-18(12-5-7-22-8-6-12)24-25-20(26)30-11-15(27)23-19-16(17(21)28)13-3-2-4-14(13)31-19/h5-8H,2-4,9-11H2,1H3,(H2,21,28)(H,23,27). The number of aryl methyl sites for hydroxylation is 1. The summed E-state index contributed by atoms with van der Waals surface area (Å²) in [6.07, 6.45) is 6.15. The highest BCUT2D eigenvalue weighted by molar-refractivity contribution is 7.99. The van der Waals surface area contributed by atoms with Crippen LogP contribution in [0.4, 0.5) is 5.00 Å². The van der Waals surface area contributed by atoms with Crippen molar-refractivity contribution < 1.29 is 14.3 Å². The molecule has 1 aliphatic carbocycles. The zero-order valence-corrected chi connectivity index (χ0v) is 18.6. The third-order valence-electron chi connectivity index (χ3n) is 4.93. The SMILES string of the molecule is COCCn1c(SCC(=O)Nc2sc3c(c2C(N)=O)CCC3)nnc1-c1ccncc1. The van der Waals surface area contributed by atoms with Gasteiger partial charge >= 0.3 is 0 Å². The molecule has 0 unspecified atom stereocenters. The second kappa shape index (κ2) is 9.58. The summed E-state index contributed by atoms with van der Waals surface area (Å²) in [7, 11) is 1.63. The van der Waals surface area contributed by atoms with Gasteiger partial charge in [0.15, 0.2) is 11.0 Å². The lowest BCUT2D eigenvalue weighted by atomic mass is 10.1. The zero-order valence-electron chi connectivity index (χ0n) is 17.0. The van der Waals surface area contributed by atoms with Crippen molar-refractivity contribution in [3.8, 4) is 11.4 Å². The Balaban J connectivity index is 1.48. The number of pyridine rings is 1. The van der Waals surface area contributed by atoms with E-state index in [0.29, 0.717) is 34.7 Å². The third kappa shape index (κ3) is 4.63. The van der Waals surface area contributed by atoms with Gasteiger partial charge in [0.05, 0.1) is 24.5 Å². The van der Waals surface area contributed by atoms with Crippen molar-refractivity contribution in [1.29, 1.82) is 0 Å². The Hall–Kier alpha value is -2.76. The van der Waals surface area contributed by atoms with Gasteiger partial charge in [-0.3, -0.25) is 19.1 Å². The third-order valence-corrected chi connectivity index (χ3v) is 7.10. The Labute approximate surface area is 187 Å². The van der Waals surface area contributed by atoms with Crippen molar-refractivity contribution in [2.75, 3.05) is 24.8 Å². The molecule has 0 fully saturated rings. The molecule has 11 heteroatoms. The number of rotatable bonds is 9. The Morgan fingerprint density at radius 3 is 2.84 bits per heavy atom. The van der Waals surface area contributed by atoms with Gasteiger partial charge in [-0.25, -0.2) is 0 Å². The summed E-state index contributed by atoms with van der Waals surface area (Å²) in [6, 6.07) is 3.71. The maximum Gasteiger partial charge on any atom is 0.251 e. The van der Waals surface area contributed by atoms with Gasteiger partial charge in [-0.1, -0.05) is 11.8 Å². The number of carbonyl (C=O) groups is 2. The molecule has 0 aliphatic heterocycles. The number of nitrogens with zero attached hydrogens (tertiary/aromatic N) is 4. The Bertz CT molecular complexity index is 1100. The van der Waals surface area contributed by atoms with Crippen LogP contribution in [0.15, 0.2) is 29.7 Å². The van der Waals surface area contributed by atoms with Gasteiger partial charge in [-0.2, -0.15) is 0 Å². The van der Waals surface area contributed by atoms with Crippen LogP contribution in [0.25, 0.3) is 11.4 Å². The number of hydrogen-bond acceptors (Lipinski definition) is 8. The van der Waals surface area contributed by atoms with Gasteiger partial charge < -0.3 is 15.8 Å². The first-order valence-electron chi connectivity index (χ1n) is 9.78. The van der Waals surface area contributed by atoms with E-state index in [1.807, 2.05) is 16.7 Å². The average molecular weight is 459 g/mol. The fraction of sp³-hybridized carbons (Fsp3) is 0.350. The Morgan fingerprint density at radius 1 is 1.29 bits per heavy atom. The van der Waals surface area contributed by atoms with Crippen molar-refractivity contribution in [2.24, 2.45) is 5.73 Å². The molecule has 0 radical (unpaired) electrons. The lowest BCUT2D eigenvalue weighted by Gasteiger charge is -2.10. The number of thiophene rings is 1. The number of aromatic nitrogens is 4. The summed E-state index contributed by atoms with van der Waals surface area (Å²) in [6.45, 7) is 1.03. The summed E-state index contributed by atoms with van der Waals surface area (Å²) < 4.78 is 7.13. The Kier molecular flexibility index (Phi) is 6.64. The molecule has 0 saturated heterocycles. The summed E-state index contributed by atoms with van der Waals surface area (Å²) in [5.41, 5.74) is 7.90. The molecule has 4 rings (SSSR count). The molecule has 3 N–H and O–H groups in total. The van der Waals surface area contributed by atoms with E-state index < -0.39 is 5.91 Å². The van der Waals surface area contributed by atoms with E-state index in [9.17, 15) is 9.59 Å². The molecule has 0 spiro atoms. The van der Waals surface area contributed by atoms with Gasteiger partial charge in [-0.05, 0) is 37.0 Å². The van der Waals surface area contributed by atoms with Crippen molar-refractivity contribution in [3.05, 3.63) is 40.5 Å². The number of thioether (sulfide) groups is 1. The number of hydrogen-bond donors (Lipinski definition) is 2. The summed E-state index contributed by atoms with van der Waals surface area (Å²) >= 11 is 2.72. The average Bonchev–Trinajstić information content (AvgIpc) is 3.45. The van der Waals surface area contributed by atoms with Crippen LogP contribution < -0.4 is 11.1 Å². The molecule has 0 atom stereocenters. The van der Waals surface area contributed by atoms with Crippen LogP contribution in [-0.2, 0) is 28.9 Å². The molecule has 31 heavy (non-hydrogen) atoms. The lowest BCUT2D eigenvalue weighted by Crippen LogP contribution is -2.19. The minimum absolute atomic E-state index is 0.127. The first-order chi connectivity index (χ1) is 15.1. The zero-order chi connectivity index (χ0) is 21.8. The second-order valence-electron chi connectivity index (χ2n) is 6.95. The van der Waals surface area contributed by atoms with Crippen LogP contribution in [0.3, 0.4) is 0 Å². The summed E-state index contributed by atoms with van der Waals surface area (Å²) in [5, 5.41) is 12.6. The van der Waals surface area contributed by atoms with E-state index in [2.05, 4.69) is 20.5 Å². The van der Waals surface area contributed by atoms with Crippen LogP contribution in [0.5, 0.6) is 0 Å². The minimum Gasteiger partial charge on any atom is -0.383 e. The Morgan fingerprint density at radius 2 is 2.10 bits per heavy atom. The quantitative estimate of drug-likeness (QED) is 0.472. The normalized spacial score (nSPS) is 12.7. The topological polar surface area (TPSA) is 125 Å².